The fourth-order valence-electron chi connectivity index (χ4n) is 2.23. The second-order valence-electron chi connectivity index (χ2n) is 4.78. The minimum atomic E-state index is -0.710. The van der Waals surface area contributed by atoms with Crippen molar-refractivity contribution in [3.63, 3.8) is 0 Å². The molecule has 0 aromatic heterocycles. The van der Waals surface area contributed by atoms with E-state index in [4.69, 9.17) is 11.6 Å². The number of halogens is 4. The van der Waals surface area contributed by atoms with Crippen LogP contribution < -0.4 is 5.32 Å². The first-order valence-corrected chi connectivity index (χ1v) is 6.95. The molecule has 5 heteroatoms. The smallest absolute Gasteiger partial charge is 0.131 e. The highest BCUT2D eigenvalue weighted by molar-refractivity contribution is 6.30. The van der Waals surface area contributed by atoms with E-state index in [1.165, 1.54) is 18.2 Å². The van der Waals surface area contributed by atoms with Gasteiger partial charge in [0, 0.05) is 22.2 Å². The summed E-state index contributed by atoms with van der Waals surface area (Å²) < 4.78 is 41.6. The van der Waals surface area contributed by atoms with Crippen LogP contribution in [0.2, 0.25) is 5.02 Å². The minimum Gasteiger partial charge on any atom is -0.306 e. The molecule has 0 aliphatic rings. The standard InChI is InChI=1S/C16H15ClF3N/c1-3-21-16(11-5-4-10(17)7-14(11)19)12-6-9(2)13(18)8-15(12)20/h4-8,16,21H,3H2,1-2H3. The quantitative estimate of drug-likeness (QED) is 0.857. The highest BCUT2D eigenvalue weighted by atomic mass is 35.5. The molecule has 1 atom stereocenters. The molecule has 1 unspecified atom stereocenters. The van der Waals surface area contributed by atoms with Gasteiger partial charge in [0.1, 0.15) is 17.5 Å². The van der Waals surface area contributed by atoms with Crippen LogP contribution in [-0.4, -0.2) is 6.54 Å². The zero-order valence-corrected chi connectivity index (χ0v) is 12.4. The van der Waals surface area contributed by atoms with Crippen LogP contribution in [-0.2, 0) is 0 Å². The normalized spacial score (nSPS) is 12.5. The van der Waals surface area contributed by atoms with E-state index in [0.717, 1.165) is 6.07 Å². The van der Waals surface area contributed by atoms with Crippen LogP contribution in [0.4, 0.5) is 13.2 Å². The number of hydrogen-bond donors (Lipinski definition) is 1. The minimum absolute atomic E-state index is 0.206. The van der Waals surface area contributed by atoms with Crippen molar-refractivity contribution in [2.24, 2.45) is 0 Å². The van der Waals surface area contributed by atoms with Crippen molar-refractivity contribution in [1.82, 2.24) is 5.32 Å². The van der Waals surface area contributed by atoms with Gasteiger partial charge in [0.15, 0.2) is 0 Å². The van der Waals surface area contributed by atoms with Gasteiger partial charge in [-0.3, -0.25) is 0 Å². The molecule has 2 aromatic carbocycles. The predicted octanol–water partition coefficient (Wildman–Crippen LogP) is 4.76. The summed E-state index contributed by atoms with van der Waals surface area (Å²) in [6, 6.07) is 5.73. The van der Waals surface area contributed by atoms with Crippen LogP contribution in [0.1, 0.15) is 29.7 Å². The van der Waals surface area contributed by atoms with Gasteiger partial charge in [-0.15, -0.1) is 0 Å². The van der Waals surface area contributed by atoms with Gasteiger partial charge in [0.2, 0.25) is 0 Å². The molecule has 0 fully saturated rings. The van der Waals surface area contributed by atoms with Gasteiger partial charge in [-0.05, 0) is 37.2 Å². The summed E-state index contributed by atoms with van der Waals surface area (Å²) in [6.45, 7) is 3.87. The van der Waals surface area contributed by atoms with Crippen molar-refractivity contribution in [2.45, 2.75) is 19.9 Å². The summed E-state index contributed by atoms with van der Waals surface area (Å²) in [7, 11) is 0. The molecule has 1 N–H and O–H groups in total. The third-order valence-corrected chi connectivity index (χ3v) is 3.51. The molecule has 112 valence electrons. The topological polar surface area (TPSA) is 12.0 Å². The molecule has 0 radical (unpaired) electrons. The van der Waals surface area contributed by atoms with Crippen molar-refractivity contribution in [1.29, 1.82) is 0 Å². The highest BCUT2D eigenvalue weighted by Gasteiger charge is 2.21. The Kier molecular flexibility index (Phi) is 4.91. The molecule has 0 amide bonds. The van der Waals surface area contributed by atoms with Gasteiger partial charge in [-0.2, -0.15) is 0 Å². The Labute approximate surface area is 126 Å². The van der Waals surface area contributed by atoms with Crippen LogP contribution in [0.15, 0.2) is 30.3 Å². The lowest BCUT2D eigenvalue weighted by atomic mass is 9.96. The Bertz CT molecular complexity index is 658. The Morgan fingerprint density at radius 2 is 1.67 bits per heavy atom. The maximum absolute atomic E-state index is 14.1. The van der Waals surface area contributed by atoms with Gasteiger partial charge >= 0.3 is 0 Å². The van der Waals surface area contributed by atoms with E-state index < -0.39 is 23.5 Å². The third-order valence-electron chi connectivity index (χ3n) is 3.27. The first kappa shape index (κ1) is 15.9. The lowest BCUT2D eigenvalue weighted by molar-refractivity contribution is 0.520. The molecule has 1 nitrogen and oxygen atoms in total. The van der Waals surface area contributed by atoms with E-state index in [0.29, 0.717) is 12.1 Å². The molecule has 0 heterocycles. The Balaban J connectivity index is 2.55. The Morgan fingerprint density at radius 3 is 2.29 bits per heavy atom. The average Bonchev–Trinajstić information content (AvgIpc) is 2.41. The molecule has 0 aliphatic carbocycles. The number of hydrogen-bond acceptors (Lipinski definition) is 1. The summed E-state index contributed by atoms with van der Waals surface area (Å²) in [4.78, 5) is 0. The van der Waals surface area contributed by atoms with E-state index in [1.54, 1.807) is 13.0 Å². The fraction of sp³-hybridized carbons (Fsp3) is 0.250. The van der Waals surface area contributed by atoms with E-state index in [9.17, 15) is 13.2 Å². The zero-order valence-electron chi connectivity index (χ0n) is 11.7. The fourth-order valence-corrected chi connectivity index (χ4v) is 2.39. The van der Waals surface area contributed by atoms with Crippen LogP contribution in [0.5, 0.6) is 0 Å². The van der Waals surface area contributed by atoms with E-state index >= 15 is 0 Å². The predicted molar refractivity (Wildman–Crippen MR) is 78.0 cm³/mol. The van der Waals surface area contributed by atoms with Gasteiger partial charge in [-0.25, -0.2) is 13.2 Å². The summed E-state index contributed by atoms with van der Waals surface area (Å²) in [5, 5.41) is 3.28. The third kappa shape index (κ3) is 3.39. The van der Waals surface area contributed by atoms with Crippen LogP contribution >= 0.6 is 11.6 Å². The second kappa shape index (κ2) is 6.50. The number of rotatable bonds is 4. The maximum atomic E-state index is 14.1. The second-order valence-corrected chi connectivity index (χ2v) is 5.22. The van der Waals surface area contributed by atoms with Crippen LogP contribution in [0.25, 0.3) is 0 Å². The van der Waals surface area contributed by atoms with E-state index in [2.05, 4.69) is 5.32 Å². The van der Waals surface area contributed by atoms with Crippen LogP contribution in [0, 0.1) is 24.4 Å². The van der Waals surface area contributed by atoms with Crippen molar-refractivity contribution in [3.8, 4) is 0 Å². The van der Waals surface area contributed by atoms with Crippen molar-refractivity contribution in [2.75, 3.05) is 6.54 Å². The van der Waals surface area contributed by atoms with Crippen molar-refractivity contribution < 1.29 is 13.2 Å². The monoisotopic (exact) mass is 313 g/mol. The van der Waals surface area contributed by atoms with Crippen LogP contribution in [0.3, 0.4) is 0 Å². The van der Waals surface area contributed by atoms with E-state index in [1.807, 2.05) is 6.92 Å². The first-order chi connectivity index (χ1) is 9.93. The van der Waals surface area contributed by atoms with Gasteiger partial charge < -0.3 is 5.32 Å². The lowest BCUT2D eigenvalue weighted by Gasteiger charge is -2.21. The molecule has 0 bridgehead atoms. The molecule has 0 saturated carbocycles. The van der Waals surface area contributed by atoms with Crippen molar-refractivity contribution in [3.05, 3.63) is 69.5 Å². The molecule has 0 aliphatic heterocycles. The molecule has 2 aromatic rings. The Morgan fingerprint density at radius 1 is 1.00 bits per heavy atom. The molecular formula is C16H15ClF3N. The number of aryl methyl sites for hydroxylation is 1. The first-order valence-electron chi connectivity index (χ1n) is 6.58. The van der Waals surface area contributed by atoms with E-state index in [-0.39, 0.29) is 16.1 Å². The number of nitrogens with one attached hydrogen (secondary N) is 1. The van der Waals surface area contributed by atoms with Crippen molar-refractivity contribution >= 4 is 11.6 Å². The SMILES string of the molecule is CCNC(c1ccc(Cl)cc1F)c1cc(C)c(F)cc1F. The summed E-state index contributed by atoms with van der Waals surface area (Å²) in [5.74, 6) is -1.86. The lowest BCUT2D eigenvalue weighted by Crippen LogP contribution is -2.24. The molecule has 0 spiro atoms. The van der Waals surface area contributed by atoms with Gasteiger partial charge in [0.05, 0.1) is 6.04 Å². The maximum Gasteiger partial charge on any atom is 0.131 e. The number of benzene rings is 2. The molecule has 2 rings (SSSR count). The molecule has 21 heavy (non-hydrogen) atoms. The molecular weight excluding hydrogens is 299 g/mol. The van der Waals surface area contributed by atoms with Gasteiger partial charge in [0.25, 0.3) is 0 Å². The highest BCUT2D eigenvalue weighted by Crippen LogP contribution is 2.29. The zero-order chi connectivity index (χ0) is 15.6. The van der Waals surface area contributed by atoms with Gasteiger partial charge in [-0.1, -0.05) is 24.6 Å². The summed E-state index contributed by atoms with van der Waals surface area (Å²) in [5.41, 5.74) is 0.784. The summed E-state index contributed by atoms with van der Waals surface area (Å²) >= 11 is 5.74. The summed E-state index contributed by atoms with van der Waals surface area (Å²) in [6.07, 6.45) is 0. The molecule has 0 saturated heterocycles. The largest absolute Gasteiger partial charge is 0.306 e. The average molecular weight is 314 g/mol. The Hall–Kier alpha value is -1.52.